The van der Waals surface area contributed by atoms with Crippen molar-refractivity contribution in [2.45, 2.75) is 286 Å². The molecule has 0 amide bonds. The molecule has 0 saturated heterocycles. The van der Waals surface area contributed by atoms with Crippen molar-refractivity contribution in [1.29, 1.82) is 0 Å². The summed E-state index contributed by atoms with van der Waals surface area (Å²) in [6.07, 6.45) is 21.4. The number of ether oxygens (including phenoxy) is 12. The molecule has 0 saturated carbocycles. The molecular formula is C64H124O20Zr. The summed E-state index contributed by atoms with van der Waals surface area (Å²) in [5.74, 6) is -9.56. The molecule has 0 aliphatic carbocycles. The molecule has 0 spiro atoms. The van der Waals surface area contributed by atoms with E-state index in [1.54, 1.807) is 0 Å². The topological polar surface area (TPSA) is 271 Å². The van der Waals surface area contributed by atoms with Gasteiger partial charge in [0.2, 0.25) is 0 Å². The van der Waals surface area contributed by atoms with E-state index in [1.165, 1.54) is 0 Å². The molecule has 0 unspecified atom stereocenters. The number of hydrogen-bond acceptors (Lipinski definition) is 20. The molecule has 20 nitrogen and oxygen atoms in total. The van der Waals surface area contributed by atoms with E-state index in [4.69, 9.17) is 56.8 Å². The number of rotatable bonds is 60. The van der Waals surface area contributed by atoms with E-state index in [0.29, 0.717) is 79.3 Å². The van der Waals surface area contributed by atoms with Crippen LogP contribution in [0.1, 0.15) is 263 Å². The maximum atomic E-state index is 11.0. The maximum absolute atomic E-state index is 11.0. The Balaban J connectivity index is -0.000000333. The zero-order chi connectivity index (χ0) is 63.9. The Hall–Kier alpha value is -1.72. The van der Waals surface area contributed by atoms with Crippen molar-refractivity contribution in [3.05, 3.63) is 0 Å². The Kier molecular flexibility index (Phi) is 72.2. The van der Waals surface area contributed by atoms with Gasteiger partial charge in [-0.2, -0.15) is 0 Å². The van der Waals surface area contributed by atoms with Crippen molar-refractivity contribution >= 4 is 23.9 Å². The molecule has 21 heteroatoms. The van der Waals surface area contributed by atoms with Crippen molar-refractivity contribution in [2.24, 2.45) is 0 Å². The summed E-state index contributed by atoms with van der Waals surface area (Å²) < 4.78 is 68.2. The SMILES string of the molecule is CCCCOCC(CC(=O)[O-])(OCCCC)OCCCC.CCCCOCC(CC(=O)[O-])(OCCCC)OCCCC.CCCCOCC(CC(=O)[O-])(OCCCC)OCCCC.CCCCOCC(CC(=O)[O-])(OCCCC)OCCCC.[Zr+4]. The zero-order valence-electron chi connectivity index (χ0n) is 55.8. The molecule has 0 aromatic heterocycles. The van der Waals surface area contributed by atoms with Gasteiger partial charge in [-0.15, -0.1) is 0 Å². The van der Waals surface area contributed by atoms with Gasteiger partial charge in [0.25, 0.3) is 0 Å². The Morgan fingerprint density at radius 1 is 0.235 bits per heavy atom. The van der Waals surface area contributed by atoms with Crippen molar-refractivity contribution in [1.82, 2.24) is 0 Å². The maximum Gasteiger partial charge on any atom is 4.00 e. The molecule has 0 radical (unpaired) electrons. The van der Waals surface area contributed by atoms with Crippen LogP contribution in [0.15, 0.2) is 0 Å². The van der Waals surface area contributed by atoms with E-state index in [2.05, 4.69) is 83.1 Å². The summed E-state index contributed by atoms with van der Waals surface area (Å²) in [5.41, 5.74) is 0. The van der Waals surface area contributed by atoms with Crippen molar-refractivity contribution in [3.8, 4) is 0 Å². The first kappa shape index (κ1) is 92.0. The first-order chi connectivity index (χ1) is 40.4. The quantitative estimate of drug-likeness (QED) is 0.0405. The normalized spacial score (nSPS) is 11.6. The molecule has 0 heterocycles. The average Bonchev–Trinajstić information content (AvgIpc) is 3.47. The third-order valence-electron chi connectivity index (χ3n) is 12.4. The van der Waals surface area contributed by atoms with Crippen molar-refractivity contribution < 1.29 is 123 Å². The fraction of sp³-hybridized carbons (Fsp3) is 0.938. The summed E-state index contributed by atoms with van der Waals surface area (Å²) in [6.45, 7) is 31.3. The van der Waals surface area contributed by atoms with Gasteiger partial charge in [0.1, 0.15) is 26.4 Å². The van der Waals surface area contributed by atoms with Gasteiger partial charge in [-0.1, -0.05) is 160 Å². The van der Waals surface area contributed by atoms with Crippen LogP contribution >= 0.6 is 0 Å². The van der Waals surface area contributed by atoms with Crippen LogP contribution in [0.4, 0.5) is 0 Å². The van der Waals surface area contributed by atoms with Gasteiger partial charge in [-0.05, 0) is 77.0 Å². The predicted octanol–water partition coefficient (Wildman–Crippen LogP) is 9.09. The van der Waals surface area contributed by atoms with E-state index in [0.717, 1.165) is 154 Å². The third kappa shape index (κ3) is 59.7. The average molecular weight is 1300 g/mol. The number of carboxylic acid groups (broad SMARTS) is 4. The molecule has 0 aliphatic heterocycles. The summed E-state index contributed by atoms with van der Waals surface area (Å²) in [6, 6.07) is 0. The predicted molar refractivity (Wildman–Crippen MR) is 319 cm³/mol. The monoisotopic (exact) mass is 1300 g/mol. The Morgan fingerprint density at radius 2 is 0.353 bits per heavy atom. The van der Waals surface area contributed by atoms with Crippen LogP contribution in [0.3, 0.4) is 0 Å². The summed E-state index contributed by atoms with van der Waals surface area (Å²) in [5, 5.41) is 44.2. The molecule has 85 heavy (non-hydrogen) atoms. The second kappa shape index (κ2) is 66.7. The third-order valence-corrected chi connectivity index (χ3v) is 12.4. The van der Waals surface area contributed by atoms with Gasteiger partial charge in [0.05, 0.1) is 52.9 Å². The summed E-state index contributed by atoms with van der Waals surface area (Å²) in [7, 11) is 0. The number of carbonyl (C=O) groups is 4. The number of unbranched alkanes of at least 4 members (excludes halogenated alkanes) is 12. The van der Waals surface area contributed by atoms with Crippen LogP contribution in [0.5, 0.6) is 0 Å². The Bertz CT molecular complexity index is 1200. The van der Waals surface area contributed by atoms with Gasteiger partial charge in [0, 0.05) is 76.0 Å². The van der Waals surface area contributed by atoms with Gasteiger partial charge in [-0.3, -0.25) is 0 Å². The van der Waals surface area contributed by atoms with Gasteiger partial charge < -0.3 is 96.4 Å². The molecule has 0 atom stereocenters. The van der Waals surface area contributed by atoms with Crippen LogP contribution in [0.2, 0.25) is 0 Å². The first-order valence-corrected chi connectivity index (χ1v) is 32.6. The van der Waals surface area contributed by atoms with E-state index < -0.39 is 47.0 Å². The molecule has 0 rings (SSSR count). The fourth-order valence-electron chi connectivity index (χ4n) is 7.11. The van der Waals surface area contributed by atoms with E-state index >= 15 is 0 Å². The van der Waals surface area contributed by atoms with Gasteiger partial charge in [-0.25, -0.2) is 0 Å². The number of carbonyl (C=O) groups excluding carboxylic acids is 4. The van der Waals surface area contributed by atoms with E-state index in [-0.39, 0.29) is 78.3 Å². The molecule has 0 aromatic rings. The molecular weight excluding hydrogens is 1180 g/mol. The summed E-state index contributed by atoms with van der Waals surface area (Å²) in [4.78, 5) is 44.2. The Morgan fingerprint density at radius 3 is 0.459 bits per heavy atom. The Labute approximate surface area is 535 Å². The van der Waals surface area contributed by atoms with Gasteiger partial charge in [0.15, 0.2) is 23.1 Å². The number of aliphatic carboxylic acids is 4. The van der Waals surface area contributed by atoms with Crippen LogP contribution in [0.25, 0.3) is 0 Å². The standard InChI is InChI=1S/4C16H32O5.Zr/c4*1-4-7-10-19-14-16(13-15(17)18,20-11-8-5-2)21-12-9-6-3;/h4*4-14H2,1-3H3,(H,17,18);/q;;;;+4/p-4. The molecule has 0 fully saturated rings. The molecule has 504 valence electrons. The second-order valence-corrected chi connectivity index (χ2v) is 21.1. The molecule has 0 N–H and O–H groups in total. The van der Waals surface area contributed by atoms with Crippen LogP contribution in [-0.4, -0.2) is 153 Å². The van der Waals surface area contributed by atoms with E-state index in [9.17, 15) is 39.6 Å². The molecule has 0 aromatic carbocycles. The molecule has 0 bridgehead atoms. The largest absolute Gasteiger partial charge is 4.00 e. The second-order valence-electron chi connectivity index (χ2n) is 21.1. The minimum atomic E-state index is -1.21. The summed E-state index contributed by atoms with van der Waals surface area (Å²) >= 11 is 0. The zero-order valence-corrected chi connectivity index (χ0v) is 58.2. The minimum Gasteiger partial charge on any atom is -0.550 e. The molecule has 0 aliphatic rings. The number of hydrogen-bond donors (Lipinski definition) is 0. The smallest absolute Gasteiger partial charge is 0.550 e. The van der Waals surface area contributed by atoms with Crippen molar-refractivity contribution in [2.75, 3.05) is 106 Å². The first-order valence-electron chi connectivity index (χ1n) is 32.6. The number of carboxylic acids is 4. The van der Waals surface area contributed by atoms with Gasteiger partial charge >= 0.3 is 26.2 Å². The van der Waals surface area contributed by atoms with Crippen LogP contribution in [-0.2, 0) is 102 Å². The van der Waals surface area contributed by atoms with Crippen molar-refractivity contribution in [3.63, 3.8) is 0 Å². The van der Waals surface area contributed by atoms with Crippen LogP contribution in [0, 0.1) is 0 Å². The fourth-order valence-corrected chi connectivity index (χ4v) is 7.11. The van der Waals surface area contributed by atoms with E-state index in [1.807, 2.05) is 0 Å². The van der Waals surface area contributed by atoms with Crippen LogP contribution < -0.4 is 20.4 Å². The minimum absolute atomic E-state index is 0.